The minimum Gasteiger partial charge on any atom is -0.269 e. The summed E-state index contributed by atoms with van der Waals surface area (Å²) in [6.45, 7) is -0.312. The van der Waals surface area contributed by atoms with Crippen molar-refractivity contribution in [3.63, 3.8) is 0 Å². The monoisotopic (exact) mass is 229 g/mol. The van der Waals surface area contributed by atoms with Crippen molar-refractivity contribution in [2.45, 2.75) is 12.7 Å². The topological polar surface area (TPSA) is 37.4 Å². The molecule has 0 aliphatic carbocycles. The van der Waals surface area contributed by atoms with Crippen LogP contribution in [0.25, 0.3) is 0 Å². The summed E-state index contributed by atoms with van der Waals surface area (Å²) < 4.78 is 36.5. The van der Waals surface area contributed by atoms with E-state index in [1.165, 1.54) is 18.2 Å². The molecule has 2 rings (SSSR count). The summed E-state index contributed by atoms with van der Waals surface area (Å²) in [6.07, 6.45) is -5.02. The molecule has 1 aromatic carbocycles. The number of carbonyl (C=O) groups is 2. The largest absolute Gasteiger partial charge is 0.471 e. The van der Waals surface area contributed by atoms with Gasteiger partial charge in [0.1, 0.15) is 0 Å². The molecule has 0 spiro atoms. The maximum absolute atomic E-state index is 12.2. The van der Waals surface area contributed by atoms with E-state index < -0.39 is 18.0 Å². The Morgan fingerprint density at radius 2 is 1.88 bits per heavy atom. The third-order valence-corrected chi connectivity index (χ3v) is 2.31. The molecule has 6 heteroatoms. The summed E-state index contributed by atoms with van der Waals surface area (Å²) in [5.74, 6) is -3.01. The number of carbonyl (C=O) groups excluding carboxylic acids is 2. The summed E-state index contributed by atoms with van der Waals surface area (Å²) in [6, 6.07) is 6.07. The maximum atomic E-state index is 12.2. The molecule has 16 heavy (non-hydrogen) atoms. The lowest BCUT2D eigenvalue weighted by Gasteiger charge is -2.15. The van der Waals surface area contributed by atoms with Gasteiger partial charge in [0.15, 0.2) is 0 Å². The molecule has 0 unspecified atom stereocenters. The second kappa shape index (κ2) is 3.33. The number of fused-ring (bicyclic) bond motifs is 1. The summed E-state index contributed by atoms with van der Waals surface area (Å²) >= 11 is 0. The standard InChI is InChI=1S/C10H6F3NO2/c11-10(12,13)9(16)14-5-6-3-1-2-4-7(6)8(14)15/h1-4H,5H2. The molecule has 0 bridgehead atoms. The average Bonchev–Trinajstić information content (AvgIpc) is 2.54. The van der Waals surface area contributed by atoms with Crippen molar-refractivity contribution in [2.75, 3.05) is 0 Å². The average molecular weight is 229 g/mol. The Bertz CT molecular complexity index is 467. The molecule has 84 valence electrons. The van der Waals surface area contributed by atoms with Crippen molar-refractivity contribution in [1.29, 1.82) is 0 Å². The van der Waals surface area contributed by atoms with Gasteiger partial charge in [0.05, 0.1) is 6.54 Å². The van der Waals surface area contributed by atoms with Crippen LogP contribution in [0.15, 0.2) is 24.3 Å². The number of halogens is 3. The van der Waals surface area contributed by atoms with E-state index in [0.29, 0.717) is 5.56 Å². The van der Waals surface area contributed by atoms with Gasteiger partial charge in [-0.25, -0.2) is 0 Å². The zero-order valence-corrected chi connectivity index (χ0v) is 7.91. The summed E-state index contributed by atoms with van der Waals surface area (Å²) in [5, 5.41) is 0. The van der Waals surface area contributed by atoms with Gasteiger partial charge < -0.3 is 0 Å². The molecule has 0 aromatic heterocycles. The van der Waals surface area contributed by atoms with Crippen LogP contribution >= 0.6 is 0 Å². The van der Waals surface area contributed by atoms with Gasteiger partial charge in [-0.3, -0.25) is 14.5 Å². The molecular weight excluding hydrogens is 223 g/mol. The molecular formula is C10H6F3NO2. The number of hydrogen-bond acceptors (Lipinski definition) is 2. The minimum absolute atomic E-state index is 0.153. The number of imide groups is 1. The first-order valence-electron chi connectivity index (χ1n) is 4.42. The molecule has 0 saturated heterocycles. The summed E-state index contributed by atoms with van der Waals surface area (Å²) in [4.78, 5) is 22.6. The summed E-state index contributed by atoms with van der Waals surface area (Å²) in [5.41, 5.74) is 0.588. The van der Waals surface area contributed by atoms with Crippen LogP contribution in [0.3, 0.4) is 0 Å². The number of benzene rings is 1. The fraction of sp³-hybridized carbons (Fsp3) is 0.200. The van der Waals surface area contributed by atoms with Gasteiger partial charge in [-0.05, 0) is 11.6 Å². The SMILES string of the molecule is O=C1c2ccccc2CN1C(=O)C(F)(F)F. The lowest BCUT2D eigenvalue weighted by atomic mass is 10.1. The van der Waals surface area contributed by atoms with Crippen LogP contribution < -0.4 is 0 Å². The molecule has 0 fully saturated rings. The molecule has 1 aromatic rings. The fourth-order valence-corrected chi connectivity index (χ4v) is 1.57. The first-order chi connectivity index (χ1) is 7.41. The first kappa shape index (κ1) is 10.7. The summed E-state index contributed by atoms with van der Waals surface area (Å²) in [7, 11) is 0. The van der Waals surface area contributed by atoms with Crippen molar-refractivity contribution in [2.24, 2.45) is 0 Å². The number of alkyl halides is 3. The second-order valence-electron chi connectivity index (χ2n) is 3.35. The van der Waals surface area contributed by atoms with E-state index >= 15 is 0 Å². The Morgan fingerprint density at radius 1 is 1.25 bits per heavy atom. The normalized spacial score (nSPS) is 15.2. The number of rotatable bonds is 0. The highest BCUT2D eigenvalue weighted by Gasteiger charge is 2.47. The molecule has 1 heterocycles. The van der Waals surface area contributed by atoms with Gasteiger partial charge in [-0.15, -0.1) is 0 Å². The molecule has 1 aliphatic heterocycles. The van der Waals surface area contributed by atoms with E-state index in [2.05, 4.69) is 0 Å². The molecule has 0 N–H and O–H groups in total. The van der Waals surface area contributed by atoms with Gasteiger partial charge in [-0.1, -0.05) is 18.2 Å². The van der Waals surface area contributed by atoms with E-state index in [1.807, 2.05) is 0 Å². The predicted molar refractivity (Wildman–Crippen MR) is 47.4 cm³/mol. The van der Waals surface area contributed by atoms with E-state index in [-0.39, 0.29) is 17.0 Å². The Hall–Kier alpha value is -1.85. The van der Waals surface area contributed by atoms with E-state index in [0.717, 1.165) is 0 Å². The van der Waals surface area contributed by atoms with Crippen LogP contribution in [0.2, 0.25) is 0 Å². The fourth-order valence-electron chi connectivity index (χ4n) is 1.57. The highest BCUT2D eigenvalue weighted by molar-refractivity contribution is 6.09. The van der Waals surface area contributed by atoms with Gasteiger partial charge >= 0.3 is 12.1 Å². The molecule has 0 saturated carbocycles. The van der Waals surface area contributed by atoms with Crippen molar-refractivity contribution in [1.82, 2.24) is 4.90 Å². The number of amides is 2. The van der Waals surface area contributed by atoms with Crippen molar-refractivity contribution in [3.05, 3.63) is 35.4 Å². The Balaban J connectivity index is 2.33. The lowest BCUT2D eigenvalue weighted by molar-refractivity contribution is -0.182. The van der Waals surface area contributed by atoms with E-state index in [4.69, 9.17) is 0 Å². The van der Waals surface area contributed by atoms with Crippen LogP contribution in [0.4, 0.5) is 13.2 Å². The smallest absolute Gasteiger partial charge is 0.269 e. The van der Waals surface area contributed by atoms with Crippen molar-refractivity contribution in [3.8, 4) is 0 Å². The lowest BCUT2D eigenvalue weighted by Crippen LogP contribution is -2.41. The van der Waals surface area contributed by atoms with Crippen LogP contribution in [0, 0.1) is 0 Å². The quantitative estimate of drug-likeness (QED) is 0.679. The minimum atomic E-state index is -5.02. The maximum Gasteiger partial charge on any atom is 0.471 e. The first-order valence-corrected chi connectivity index (χ1v) is 4.42. The van der Waals surface area contributed by atoms with Gasteiger partial charge in [-0.2, -0.15) is 13.2 Å². The molecule has 1 aliphatic rings. The van der Waals surface area contributed by atoms with Crippen LogP contribution in [0.5, 0.6) is 0 Å². The molecule has 0 atom stereocenters. The van der Waals surface area contributed by atoms with Crippen LogP contribution in [-0.4, -0.2) is 22.9 Å². The van der Waals surface area contributed by atoms with Gasteiger partial charge in [0.25, 0.3) is 5.91 Å². The molecule has 2 amide bonds. The number of nitrogens with zero attached hydrogens (tertiary/aromatic N) is 1. The Labute approximate surface area is 88.5 Å². The van der Waals surface area contributed by atoms with E-state index in [1.54, 1.807) is 6.07 Å². The highest BCUT2D eigenvalue weighted by atomic mass is 19.4. The molecule has 0 radical (unpaired) electrons. The van der Waals surface area contributed by atoms with Crippen molar-refractivity contribution >= 4 is 11.8 Å². The van der Waals surface area contributed by atoms with Crippen LogP contribution in [-0.2, 0) is 11.3 Å². The third-order valence-electron chi connectivity index (χ3n) is 2.31. The zero-order valence-electron chi connectivity index (χ0n) is 7.91. The highest BCUT2D eigenvalue weighted by Crippen LogP contribution is 2.27. The Morgan fingerprint density at radius 3 is 2.44 bits per heavy atom. The van der Waals surface area contributed by atoms with Crippen molar-refractivity contribution < 1.29 is 22.8 Å². The van der Waals surface area contributed by atoms with Crippen LogP contribution in [0.1, 0.15) is 15.9 Å². The Kier molecular flexibility index (Phi) is 2.22. The second-order valence-corrected chi connectivity index (χ2v) is 3.35. The van der Waals surface area contributed by atoms with E-state index in [9.17, 15) is 22.8 Å². The number of hydrogen-bond donors (Lipinski definition) is 0. The predicted octanol–water partition coefficient (Wildman–Crippen LogP) is 1.73. The van der Waals surface area contributed by atoms with Gasteiger partial charge in [0.2, 0.25) is 0 Å². The molecule has 3 nitrogen and oxygen atoms in total. The third kappa shape index (κ3) is 1.56. The zero-order chi connectivity index (χ0) is 11.9. The van der Waals surface area contributed by atoms with Gasteiger partial charge in [0, 0.05) is 5.56 Å².